The normalized spacial score (nSPS) is 26.8. The molecule has 0 amide bonds. The molecule has 2 aliphatic heterocycles. The van der Waals surface area contributed by atoms with Crippen molar-refractivity contribution < 1.29 is 29.2 Å². The highest BCUT2D eigenvalue weighted by atomic mass is 16.5. The van der Waals surface area contributed by atoms with Gasteiger partial charge in [-0.25, -0.2) is 0 Å². The number of pyridine rings is 2. The van der Waals surface area contributed by atoms with Crippen LogP contribution in [-0.4, -0.2) is 98.2 Å². The van der Waals surface area contributed by atoms with Crippen LogP contribution in [0.25, 0.3) is 0 Å². The molecule has 6 rings (SSSR count). The number of ether oxygens (including phenoxy) is 4. The maximum absolute atomic E-state index is 8.71. The number of aliphatic hydroxyl groups excluding tert-OH is 2. The first kappa shape index (κ1) is 32.1. The Balaban J connectivity index is 0.000000171. The summed E-state index contributed by atoms with van der Waals surface area (Å²) in [6.07, 6.45) is 14.8. The smallest absolute Gasteiger partial charge is 0.137 e. The predicted octanol–water partition coefficient (Wildman–Crippen LogP) is 3.04. The minimum atomic E-state index is 0.202. The van der Waals surface area contributed by atoms with Gasteiger partial charge in [0.2, 0.25) is 0 Å². The Bertz CT molecular complexity index is 1080. The summed E-state index contributed by atoms with van der Waals surface area (Å²) in [6.45, 7) is 6.96. The fourth-order valence-corrected chi connectivity index (χ4v) is 5.53. The molecule has 0 spiro atoms. The van der Waals surface area contributed by atoms with Gasteiger partial charge in [-0.3, -0.25) is 9.97 Å². The molecule has 2 aromatic rings. The zero-order chi connectivity index (χ0) is 29.7. The summed E-state index contributed by atoms with van der Waals surface area (Å²) >= 11 is 0. The molecule has 4 heterocycles. The Kier molecular flexibility index (Phi) is 12.8. The first-order valence-corrected chi connectivity index (χ1v) is 16.2. The number of rotatable bonds is 19. The van der Waals surface area contributed by atoms with Crippen molar-refractivity contribution in [2.75, 3.05) is 65.9 Å². The summed E-state index contributed by atoms with van der Waals surface area (Å²) in [5.41, 5.74) is 2.55. The third kappa shape index (κ3) is 10.7. The Morgan fingerprint density at radius 3 is 1.74 bits per heavy atom. The molecule has 0 radical (unpaired) electrons. The van der Waals surface area contributed by atoms with E-state index in [1.165, 1.54) is 30.4 Å². The standard InChI is InChI=1S/C17H26N2O3.C16H24N2O3/c20-5-1-6-21-7-3-13-9-17(13)14-8-16(11-18-10-14)22-12-15-2-4-19-15;19-4-1-5-20-10-13-7-16(13)12-6-15(9-17-8-12)21-11-14-2-3-18-14/h8,10-11,13,15,17,19-20H,1-7,9,12H2;6,8-9,13-14,16,18-19H,1-5,7,10-11H2/t13-,15-,17-;13-,14+,16-/m01/s1. The monoisotopic (exact) mass is 598 g/mol. The fraction of sp³-hybridized carbons (Fsp3) is 0.697. The lowest BCUT2D eigenvalue weighted by Gasteiger charge is -2.27. The van der Waals surface area contributed by atoms with Gasteiger partial charge in [0.25, 0.3) is 0 Å². The third-order valence-corrected chi connectivity index (χ3v) is 8.78. The molecule has 2 saturated carbocycles. The lowest BCUT2D eigenvalue weighted by molar-refractivity contribution is 0.107. The van der Waals surface area contributed by atoms with Crippen LogP contribution in [0.1, 0.15) is 67.9 Å². The lowest BCUT2D eigenvalue weighted by Crippen LogP contribution is -2.46. The van der Waals surface area contributed by atoms with Gasteiger partial charge in [-0.15, -0.1) is 0 Å². The van der Waals surface area contributed by atoms with Gasteiger partial charge in [0.15, 0.2) is 0 Å². The highest BCUT2D eigenvalue weighted by Crippen LogP contribution is 2.50. The van der Waals surface area contributed by atoms with E-state index in [1.807, 2.05) is 12.4 Å². The average molecular weight is 599 g/mol. The maximum Gasteiger partial charge on any atom is 0.137 e. The average Bonchev–Trinajstić information content (AvgIpc) is 3.91. The van der Waals surface area contributed by atoms with Crippen LogP contribution in [0, 0.1) is 11.8 Å². The van der Waals surface area contributed by atoms with Gasteiger partial charge in [0.05, 0.1) is 12.4 Å². The van der Waals surface area contributed by atoms with Gasteiger partial charge in [-0.1, -0.05) is 0 Å². The molecule has 238 valence electrons. The first-order valence-electron chi connectivity index (χ1n) is 16.2. The third-order valence-electron chi connectivity index (χ3n) is 8.78. The molecule has 4 N–H and O–H groups in total. The van der Waals surface area contributed by atoms with Gasteiger partial charge >= 0.3 is 0 Å². The van der Waals surface area contributed by atoms with E-state index in [0.717, 1.165) is 76.7 Å². The molecule has 4 fully saturated rings. The molecular weight excluding hydrogens is 548 g/mol. The van der Waals surface area contributed by atoms with Crippen LogP contribution in [0.5, 0.6) is 11.5 Å². The van der Waals surface area contributed by atoms with Crippen LogP contribution in [0.15, 0.2) is 36.9 Å². The minimum absolute atomic E-state index is 0.202. The van der Waals surface area contributed by atoms with Gasteiger partial charge in [-0.2, -0.15) is 0 Å². The topological polar surface area (TPSA) is 127 Å². The summed E-state index contributed by atoms with van der Waals surface area (Å²) < 4.78 is 22.7. The van der Waals surface area contributed by atoms with E-state index in [0.29, 0.717) is 49.0 Å². The molecule has 0 aromatic carbocycles. The van der Waals surface area contributed by atoms with Crippen LogP contribution >= 0.6 is 0 Å². The van der Waals surface area contributed by atoms with Crippen molar-refractivity contribution in [1.82, 2.24) is 20.6 Å². The first-order chi connectivity index (χ1) is 21.2. The van der Waals surface area contributed by atoms with Gasteiger partial charge < -0.3 is 39.8 Å². The second-order valence-electron chi connectivity index (χ2n) is 12.2. The minimum Gasteiger partial charge on any atom is -0.490 e. The van der Waals surface area contributed by atoms with E-state index in [9.17, 15) is 0 Å². The summed E-state index contributed by atoms with van der Waals surface area (Å²) in [7, 11) is 0. The Hall–Kier alpha value is -2.34. The second kappa shape index (κ2) is 17.2. The van der Waals surface area contributed by atoms with Crippen molar-refractivity contribution in [2.24, 2.45) is 11.8 Å². The molecule has 2 aromatic heterocycles. The van der Waals surface area contributed by atoms with Crippen molar-refractivity contribution in [3.8, 4) is 11.5 Å². The van der Waals surface area contributed by atoms with E-state index in [2.05, 4.69) is 32.7 Å². The number of hydrogen-bond donors (Lipinski definition) is 4. The molecule has 2 saturated heterocycles. The van der Waals surface area contributed by atoms with E-state index < -0.39 is 0 Å². The molecule has 43 heavy (non-hydrogen) atoms. The summed E-state index contributed by atoms with van der Waals surface area (Å²) in [5, 5.41) is 24.1. The zero-order valence-electron chi connectivity index (χ0n) is 25.4. The zero-order valence-corrected chi connectivity index (χ0v) is 25.4. The van der Waals surface area contributed by atoms with Crippen LogP contribution in [0.3, 0.4) is 0 Å². The summed E-state index contributed by atoms with van der Waals surface area (Å²) in [6, 6.07) is 5.27. The quantitative estimate of drug-likeness (QED) is 0.179. The molecule has 10 nitrogen and oxygen atoms in total. The molecular formula is C33H50N4O6. The van der Waals surface area contributed by atoms with Crippen LogP contribution in [0.4, 0.5) is 0 Å². The number of aliphatic hydroxyl groups is 2. The Morgan fingerprint density at radius 1 is 0.674 bits per heavy atom. The lowest BCUT2D eigenvalue weighted by atomic mass is 10.1. The van der Waals surface area contributed by atoms with Crippen molar-refractivity contribution in [3.63, 3.8) is 0 Å². The predicted molar refractivity (Wildman–Crippen MR) is 164 cm³/mol. The van der Waals surface area contributed by atoms with Crippen LogP contribution in [-0.2, 0) is 9.47 Å². The van der Waals surface area contributed by atoms with E-state index >= 15 is 0 Å². The number of aromatic nitrogens is 2. The Labute approximate surface area is 255 Å². The summed E-state index contributed by atoms with van der Waals surface area (Å²) in [5.74, 6) is 4.22. The number of hydrogen-bond acceptors (Lipinski definition) is 10. The SMILES string of the molecule is OCCCOCC[C@H]1C[C@@H]1c1cncc(OC[C@@H]2CCN2)c1.OCCCOC[C@H]1C[C@@H]1c1cncc(OC[C@@H]2CCN2)c1. The van der Waals surface area contributed by atoms with Crippen molar-refractivity contribution >= 4 is 0 Å². The Morgan fingerprint density at radius 2 is 1.21 bits per heavy atom. The largest absolute Gasteiger partial charge is 0.490 e. The van der Waals surface area contributed by atoms with Crippen molar-refractivity contribution in [3.05, 3.63) is 48.0 Å². The van der Waals surface area contributed by atoms with Gasteiger partial charge in [0, 0.05) is 64.1 Å². The van der Waals surface area contributed by atoms with Crippen molar-refractivity contribution in [1.29, 1.82) is 0 Å². The highest BCUT2D eigenvalue weighted by Gasteiger charge is 2.39. The summed E-state index contributed by atoms with van der Waals surface area (Å²) in [4.78, 5) is 8.61. The highest BCUT2D eigenvalue weighted by molar-refractivity contribution is 5.31. The van der Waals surface area contributed by atoms with E-state index in [4.69, 9.17) is 29.2 Å². The molecule has 0 unspecified atom stereocenters. The molecule has 2 aliphatic carbocycles. The number of nitrogens with zero attached hydrogens (tertiary/aromatic N) is 2. The molecule has 10 heteroatoms. The fourth-order valence-electron chi connectivity index (χ4n) is 5.53. The van der Waals surface area contributed by atoms with Gasteiger partial charge in [-0.05, 0) is 105 Å². The van der Waals surface area contributed by atoms with Crippen molar-refractivity contribution in [2.45, 2.75) is 68.9 Å². The second-order valence-corrected chi connectivity index (χ2v) is 12.2. The van der Waals surface area contributed by atoms with Crippen LogP contribution in [0.2, 0.25) is 0 Å². The van der Waals surface area contributed by atoms with Crippen LogP contribution < -0.4 is 20.1 Å². The van der Waals surface area contributed by atoms with E-state index in [-0.39, 0.29) is 13.2 Å². The van der Waals surface area contributed by atoms with Gasteiger partial charge in [0.1, 0.15) is 24.7 Å². The molecule has 6 atom stereocenters. The number of nitrogens with one attached hydrogen (secondary N) is 2. The molecule has 0 bridgehead atoms. The van der Waals surface area contributed by atoms with E-state index in [1.54, 1.807) is 12.4 Å². The maximum atomic E-state index is 8.71. The molecule has 4 aliphatic rings.